The normalized spacial score (nSPS) is 13.6. The molecule has 0 bridgehead atoms. The summed E-state index contributed by atoms with van der Waals surface area (Å²) < 4.78 is 5.41. The number of nitrogens with zero attached hydrogens (tertiary/aromatic N) is 1. The van der Waals surface area contributed by atoms with Crippen LogP contribution in [0.25, 0.3) is 11.1 Å². The van der Waals surface area contributed by atoms with Crippen LogP contribution in [-0.4, -0.2) is 16.8 Å². The van der Waals surface area contributed by atoms with Crippen molar-refractivity contribution in [3.63, 3.8) is 0 Å². The van der Waals surface area contributed by atoms with Crippen molar-refractivity contribution in [1.82, 2.24) is 4.90 Å². The first kappa shape index (κ1) is 15.7. The van der Waals surface area contributed by atoms with E-state index >= 15 is 0 Å². The molecule has 3 heteroatoms. The molecule has 0 aliphatic heterocycles. The molecule has 0 N–H and O–H groups in total. The maximum absolute atomic E-state index is 12.8. The van der Waals surface area contributed by atoms with E-state index in [4.69, 9.17) is 4.42 Å². The molecule has 1 heterocycles. The second kappa shape index (κ2) is 6.98. The van der Waals surface area contributed by atoms with E-state index in [2.05, 4.69) is 36.4 Å². The highest BCUT2D eigenvalue weighted by Gasteiger charge is 2.32. The van der Waals surface area contributed by atoms with Gasteiger partial charge in [0.05, 0.1) is 19.2 Å². The first-order chi connectivity index (χ1) is 12.3. The Morgan fingerprint density at radius 2 is 1.64 bits per heavy atom. The summed E-state index contributed by atoms with van der Waals surface area (Å²) in [6.07, 6.45) is 4.29. The Morgan fingerprint density at radius 1 is 0.920 bits per heavy atom. The van der Waals surface area contributed by atoms with Crippen LogP contribution in [-0.2, 0) is 17.8 Å². The number of carbonyl (C=O) groups excluding carboxylic acids is 1. The van der Waals surface area contributed by atoms with Crippen molar-refractivity contribution in [1.29, 1.82) is 0 Å². The van der Waals surface area contributed by atoms with Gasteiger partial charge in [0.15, 0.2) is 0 Å². The van der Waals surface area contributed by atoms with Crippen molar-refractivity contribution in [3.8, 4) is 11.1 Å². The van der Waals surface area contributed by atoms with E-state index in [1.807, 2.05) is 35.2 Å². The fourth-order valence-corrected chi connectivity index (χ4v) is 3.10. The van der Waals surface area contributed by atoms with E-state index in [9.17, 15) is 4.79 Å². The van der Waals surface area contributed by atoms with Crippen LogP contribution in [0.3, 0.4) is 0 Å². The molecule has 2 aromatic carbocycles. The molecular weight excluding hydrogens is 310 g/mol. The van der Waals surface area contributed by atoms with E-state index in [-0.39, 0.29) is 5.91 Å². The van der Waals surface area contributed by atoms with Gasteiger partial charge in [-0.25, -0.2) is 0 Å². The van der Waals surface area contributed by atoms with Gasteiger partial charge in [0.1, 0.15) is 5.76 Å². The van der Waals surface area contributed by atoms with E-state index < -0.39 is 0 Å². The SMILES string of the molecule is O=C(Cc1ccc(-c2ccccc2)cc1)N(Cc1ccco1)C1CC1. The van der Waals surface area contributed by atoms with Crippen LogP contribution < -0.4 is 0 Å². The molecule has 1 aliphatic rings. The lowest BCUT2D eigenvalue weighted by atomic mass is 10.0. The molecule has 1 amide bonds. The van der Waals surface area contributed by atoms with Crippen molar-refractivity contribution >= 4 is 5.91 Å². The third-order valence-corrected chi connectivity index (χ3v) is 4.63. The third-order valence-electron chi connectivity index (χ3n) is 4.63. The number of hydrogen-bond donors (Lipinski definition) is 0. The van der Waals surface area contributed by atoms with Gasteiger partial charge in [0, 0.05) is 6.04 Å². The van der Waals surface area contributed by atoms with Gasteiger partial charge >= 0.3 is 0 Å². The zero-order valence-corrected chi connectivity index (χ0v) is 14.1. The lowest BCUT2D eigenvalue weighted by Gasteiger charge is -2.21. The van der Waals surface area contributed by atoms with Gasteiger partial charge < -0.3 is 9.32 Å². The molecule has 4 rings (SSSR count). The molecule has 1 fully saturated rings. The third kappa shape index (κ3) is 3.82. The van der Waals surface area contributed by atoms with Crippen LogP contribution in [0.2, 0.25) is 0 Å². The van der Waals surface area contributed by atoms with Gasteiger partial charge in [-0.1, -0.05) is 54.6 Å². The smallest absolute Gasteiger partial charge is 0.227 e. The molecule has 0 atom stereocenters. The average Bonchev–Trinajstić information content (AvgIpc) is 3.36. The molecule has 1 aliphatic carbocycles. The minimum atomic E-state index is 0.173. The van der Waals surface area contributed by atoms with Gasteiger partial charge in [-0.3, -0.25) is 4.79 Å². The first-order valence-corrected chi connectivity index (χ1v) is 8.76. The van der Waals surface area contributed by atoms with Gasteiger partial charge in [-0.2, -0.15) is 0 Å². The van der Waals surface area contributed by atoms with Crippen LogP contribution in [0.15, 0.2) is 77.4 Å². The second-order valence-electron chi connectivity index (χ2n) is 6.57. The zero-order chi connectivity index (χ0) is 17.1. The number of amides is 1. The molecule has 25 heavy (non-hydrogen) atoms. The first-order valence-electron chi connectivity index (χ1n) is 8.76. The van der Waals surface area contributed by atoms with Crippen LogP contribution in [0, 0.1) is 0 Å². The summed E-state index contributed by atoms with van der Waals surface area (Å²) in [7, 11) is 0. The Balaban J connectivity index is 1.44. The predicted molar refractivity (Wildman–Crippen MR) is 97.9 cm³/mol. The highest BCUT2D eigenvalue weighted by Crippen LogP contribution is 2.29. The Bertz CT molecular complexity index is 818. The molecule has 126 valence electrons. The molecular formula is C22H21NO2. The molecule has 1 saturated carbocycles. The van der Waals surface area contributed by atoms with E-state index in [0.29, 0.717) is 19.0 Å². The largest absolute Gasteiger partial charge is 0.467 e. The van der Waals surface area contributed by atoms with E-state index in [1.165, 1.54) is 11.1 Å². The minimum absolute atomic E-state index is 0.173. The Kier molecular flexibility index (Phi) is 4.38. The predicted octanol–water partition coefficient (Wildman–Crippen LogP) is 4.68. The Labute approximate surface area is 147 Å². The zero-order valence-electron chi connectivity index (χ0n) is 14.1. The summed E-state index contributed by atoms with van der Waals surface area (Å²) in [6, 6.07) is 22.7. The lowest BCUT2D eigenvalue weighted by molar-refractivity contribution is -0.131. The number of rotatable bonds is 6. The molecule has 0 spiro atoms. The summed E-state index contributed by atoms with van der Waals surface area (Å²) in [5.74, 6) is 1.02. The van der Waals surface area contributed by atoms with Gasteiger partial charge in [-0.15, -0.1) is 0 Å². The molecule has 3 nitrogen and oxygen atoms in total. The second-order valence-corrected chi connectivity index (χ2v) is 6.57. The monoisotopic (exact) mass is 331 g/mol. The maximum Gasteiger partial charge on any atom is 0.227 e. The number of benzene rings is 2. The van der Waals surface area contributed by atoms with Crippen molar-refractivity contribution in [2.45, 2.75) is 31.8 Å². The van der Waals surface area contributed by atoms with Crippen molar-refractivity contribution in [2.75, 3.05) is 0 Å². The molecule has 0 radical (unpaired) electrons. The molecule has 3 aromatic rings. The van der Waals surface area contributed by atoms with Crippen molar-refractivity contribution in [3.05, 3.63) is 84.3 Å². The summed E-state index contributed by atoms with van der Waals surface area (Å²) in [6.45, 7) is 0.568. The van der Waals surface area contributed by atoms with Crippen LogP contribution in [0.5, 0.6) is 0 Å². The number of furan rings is 1. The molecule has 0 unspecified atom stereocenters. The number of hydrogen-bond acceptors (Lipinski definition) is 2. The van der Waals surface area contributed by atoms with E-state index in [0.717, 1.165) is 24.2 Å². The van der Waals surface area contributed by atoms with Gasteiger partial charge in [-0.05, 0) is 41.7 Å². The van der Waals surface area contributed by atoms with Gasteiger partial charge in [0.2, 0.25) is 5.91 Å². The summed E-state index contributed by atoms with van der Waals surface area (Å²) in [5, 5.41) is 0. The maximum atomic E-state index is 12.8. The standard InChI is InChI=1S/C22H21NO2/c24-22(23(20-12-13-20)16-21-7-4-14-25-21)15-17-8-10-19(11-9-17)18-5-2-1-3-6-18/h1-11,14,20H,12-13,15-16H2. The average molecular weight is 331 g/mol. The summed E-state index contributed by atoms with van der Waals surface area (Å²) >= 11 is 0. The van der Waals surface area contributed by atoms with Crippen molar-refractivity contribution in [2.24, 2.45) is 0 Å². The summed E-state index contributed by atoms with van der Waals surface area (Å²) in [5.41, 5.74) is 3.42. The fourth-order valence-electron chi connectivity index (χ4n) is 3.10. The Morgan fingerprint density at radius 3 is 2.28 bits per heavy atom. The van der Waals surface area contributed by atoms with Crippen LogP contribution in [0.4, 0.5) is 0 Å². The quantitative estimate of drug-likeness (QED) is 0.657. The number of carbonyl (C=O) groups is 1. The van der Waals surface area contributed by atoms with Crippen LogP contribution >= 0.6 is 0 Å². The highest BCUT2D eigenvalue weighted by molar-refractivity contribution is 5.79. The van der Waals surface area contributed by atoms with E-state index in [1.54, 1.807) is 6.26 Å². The summed E-state index contributed by atoms with van der Waals surface area (Å²) in [4.78, 5) is 14.7. The highest BCUT2D eigenvalue weighted by atomic mass is 16.3. The fraction of sp³-hybridized carbons (Fsp3) is 0.227. The van der Waals surface area contributed by atoms with Crippen LogP contribution in [0.1, 0.15) is 24.2 Å². The lowest BCUT2D eigenvalue weighted by Crippen LogP contribution is -2.33. The minimum Gasteiger partial charge on any atom is -0.467 e. The molecule has 1 aromatic heterocycles. The molecule has 0 saturated heterocycles. The topological polar surface area (TPSA) is 33.5 Å². The Hall–Kier alpha value is -2.81. The van der Waals surface area contributed by atoms with Crippen molar-refractivity contribution < 1.29 is 9.21 Å². The van der Waals surface area contributed by atoms with Gasteiger partial charge in [0.25, 0.3) is 0 Å².